The molecule has 1 aromatic heterocycles. The second-order valence-corrected chi connectivity index (χ2v) is 6.16. The summed E-state index contributed by atoms with van der Waals surface area (Å²) in [6, 6.07) is 18.1. The summed E-state index contributed by atoms with van der Waals surface area (Å²) in [7, 11) is 3.12. The van der Waals surface area contributed by atoms with E-state index in [0.29, 0.717) is 22.9 Å². The zero-order valence-corrected chi connectivity index (χ0v) is 16.1. The molecule has 0 saturated heterocycles. The van der Waals surface area contributed by atoms with Gasteiger partial charge in [0.1, 0.15) is 5.82 Å². The topological polar surface area (TPSA) is 96.3 Å². The first-order valence-corrected chi connectivity index (χ1v) is 8.85. The molecule has 0 unspecified atom stereocenters. The highest BCUT2D eigenvalue weighted by molar-refractivity contribution is 5.91. The standard InChI is InChI=1S/C22H20N4O3/c1-28-19-8-6-15(11-20(19)29-2)12-22(27)26-21-9-7-18(14-24-21)25-17-5-3-4-16(10-17)13-23/h3-11,14,25H,12H2,1-2H3,(H,24,26,27). The van der Waals surface area contributed by atoms with E-state index in [0.717, 1.165) is 16.9 Å². The van der Waals surface area contributed by atoms with Crippen molar-refractivity contribution in [1.29, 1.82) is 5.26 Å². The maximum atomic E-state index is 12.3. The van der Waals surface area contributed by atoms with Crippen LogP contribution >= 0.6 is 0 Å². The smallest absolute Gasteiger partial charge is 0.229 e. The molecule has 3 rings (SSSR count). The normalized spacial score (nSPS) is 9.97. The third-order valence-electron chi connectivity index (χ3n) is 4.12. The fourth-order valence-electron chi connectivity index (χ4n) is 2.74. The van der Waals surface area contributed by atoms with E-state index < -0.39 is 0 Å². The summed E-state index contributed by atoms with van der Waals surface area (Å²) in [4.78, 5) is 16.6. The molecular formula is C22H20N4O3. The fraction of sp³-hybridized carbons (Fsp3) is 0.136. The van der Waals surface area contributed by atoms with Crippen LogP contribution in [0.5, 0.6) is 11.5 Å². The van der Waals surface area contributed by atoms with E-state index in [2.05, 4.69) is 21.7 Å². The number of hydrogen-bond acceptors (Lipinski definition) is 6. The Morgan fingerprint density at radius 1 is 1.03 bits per heavy atom. The molecule has 3 aromatic rings. The number of methoxy groups -OCH3 is 2. The van der Waals surface area contributed by atoms with Gasteiger partial charge in [-0.15, -0.1) is 0 Å². The molecule has 7 heteroatoms. The predicted octanol–water partition coefficient (Wildman–Crippen LogP) is 3.90. The molecule has 0 aliphatic carbocycles. The molecule has 29 heavy (non-hydrogen) atoms. The monoisotopic (exact) mass is 388 g/mol. The van der Waals surface area contributed by atoms with Gasteiger partial charge < -0.3 is 20.1 Å². The Morgan fingerprint density at radius 3 is 2.55 bits per heavy atom. The minimum atomic E-state index is -0.188. The molecule has 0 saturated carbocycles. The van der Waals surface area contributed by atoms with Gasteiger partial charge in [0.25, 0.3) is 0 Å². The number of anilines is 3. The lowest BCUT2D eigenvalue weighted by Gasteiger charge is -2.10. The van der Waals surface area contributed by atoms with Crippen molar-refractivity contribution in [2.75, 3.05) is 24.9 Å². The number of ether oxygens (including phenoxy) is 2. The Balaban J connectivity index is 1.60. The average molecular weight is 388 g/mol. The summed E-state index contributed by atoms with van der Waals surface area (Å²) in [6.45, 7) is 0. The Morgan fingerprint density at radius 2 is 1.86 bits per heavy atom. The molecule has 0 bridgehead atoms. The number of pyridine rings is 1. The van der Waals surface area contributed by atoms with Gasteiger partial charge in [-0.3, -0.25) is 4.79 Å². The lowest BCUT2D eigenvalue weighted by atomic mass is 10.1. The molecule has 2 N–H and O–H groups in total. The summed E-state index contributed by atoms with van der Waals surface area (Å²) >= 11 is 0. The highest BCUT2D eigenvalue weighted by atomic mass is 16.5. The quantitative estimate of drug-likeness (QED) is 0.637. The van der Waals surface area contributed by atoms with Gasteiger partial charge in [0, 0.05) is 5.69 Å². The first-order chi connectivity index (χ1) is 14.1. The molecule has 0 aliphatic rings. The van der Waals surface area contributed by atoms with Crippen molar-refractivity contribution in [2.24, 2.45) is 0 Å². The van der Waals surface area contributed by atoms with Gasteiger partial charge in [-0.25, -0.2) is 4.98 Å². The second-order valence-electron chi connectivity index (χ2n) is 6.16. The maximum Gasteiger partial charge on any atom is 0.229 e. The molecule has 0 radical (unpaired) electrons. The van der Waals surface area contributed by atoms with Crippen LogP contribution in [0.4, 0.5) is 17.2 Å². The van der Waals surface area contributed by atoms with Crippen LogP contribution in [-0.4, -0.2) is 25.1 Å². The van der Waals surface area contributed by atoms with Crippen LogP contribution < -0.4 is 20.1 Å². The third kappa shape index (κ3) is 5.23. The van der Waals surface area contributed by atoms with Crippen molar-refractivity contribution < 1.29 is 14.3 Å². The first-order valence-electron chi connectivity index (χ1n) is 8.85. The largest absolute Gasteiger partial charge is 0.493 e. The summed E-state index contributed by atoms with van der Waals surface area (Å²) in [5.74, 6) is 1.45. The Bertz CT molecular complexity index is 1040. The van der Waals surface area contributed by atoms with Crippen LogP contribution in [0, 0.1) is 11.3 Å². The summed E-state index contributed by atoms with van der Waals surface area (Å²) < 4.78 is 10.5. The zero-order chi connectivity index (χ0) is 20.6. The number of nitriles is 1. The van der Waals surface area contributed by atoms with E-state index in [9.17, 15) is 4.79 Å². The molecule has 146 valence electrons. The zero-order valence-electron chi connectivity index (χ0n) is 16.1. The van der Waals surface area contributed by atoms with E-state index in [1.807, 2.05) is 12.1 Å². The van der Waals surface area contributed by atoms with Crippen LogP contribution in [0.1, 0.15) is 11.1 Å². The minimum Gasteiger partial charge on any atom is -0.493 e. The van der Waals surface area contributed by atoms with Crippen molar-refractivity contribution in [3.8, 4) is 17.6 Å². The Hall–Kier alpha value is -4.05. The highest BCUT2D eigenvalue weighted by Gasteiger charge is 2.09. The molecule has 0 aliphatic heterocycles. The third-order valence-corrected chi connectivity index (χ3v) is 4.12. The number of carbonyl (C=O) groups excluding carboxylic acids is 1. The van der Waals surface area contributed by atoms with Crippen molar-refractivity contribution in [1.82, 2.24) is 4.98 Å². The van der Waals surface area contributed by atoms with Crippen molar-refractivity contribution in [2.45, 2.75) is 6.42 Å². The highest BCUT2D eigenvalue weighted by Crippen LogP contribution is 2.27. The van der Waals surface area contributed by atoms with Gasteiger partial charge in [0.15, 0.2) is 11.5 Å². The molecule has 1 heterocycles. The number of rotatable bonds is 7. The van der Waals surface area contributed by atoms with E-state index >= 15 is 0 Å². The summed E-state index contributed by atoms with van der Waals surface area (Å²) in [6.07, 6.45) is 1.80. The minimum absolute atomic E-state index is 0.184. The molecule has 1 amide bonds. The van der Waals surface area contributed by atoms with Crippen LogP contribution in [0.25, 0.3) is 0 Å². The number of aromatic nitrogens is 1. The van der Waals surface area contributed by atoms with Gasteiger partial charge in [0.05, 0.1) is 44.2 Å². The van der Waals surface area contributed by atoms with Gasteiger partial charge in [-0.05, 0) is 48.0 Å². The van der Waals surface area contributed by atoms with E-state index in [1.54, 1.807) is 62.9 Å². The van der Waals surface area contributed by atoms with Crippen molar-refractivity contribution >= 4 is 23.1 Å². The lowest BCUT2D eigenvalue weighted by Crippen LogP contribution is -2.15. The lowest BCUT2D eigenvalue weighted by molar-refractivity contribution is -0.115. The second kappa shape index (κ2) is 9.24. The van der Waals surface area contributed by atoms with Crippen molar-refractivity contribution in [3.63, 3.8) is 0 Å². The molecule has 0 fully saturated rings. The number of carbonyl (C=O) groups is 1. The number of nitrogens with one attached hydrogen (secondary N) is 2. The predicted molar refractivity (Wildman–Crippen MR) is 111 cm³/mol. The average Bonchev–Trinajstić information content (AvgIpc) is 2.75. The molecule has 2 aromatic carbocycles. The van der Waals surface area contributed by atoms with Crippen LogP contribution in [0.3, 0.4) is 0 Å². The molecule has 7 nitrogen and oxygen atoms in total. The Kier molecular flexibility index (Phi) is 6.28. The van der Waals surface area contributed by atoms with E-state index in [1.165, 1.54) is 0 Å². The number of benzene rings is 2. The number of nitrogens with zero attached hydrogens (tertiary/aromatic N) is 2. The summed E-state index contributed by atoms with van der Waals surface area (Å²) in [5, 5.41) is 14.9. The molecule has 0 spiro atoms. The van der Waals surface area contributed by atoms with Crippen LogP contribution in [0.15, 0.2) is 60.8 Å². The van der Waals surface area contributed by atoms with Crippen LogP contribution in [-0.2, 0) is 11.2 Å². The van der Waals surface area contributed by atoms with Crippen molar-refractivity contribution in [3.05, 3.63) is 71.9 Å². The van der Waals surface area contributed by atoms with Crippen LogP contribution in [0.2, 0.25) is 0 Å². The Labute approximate surface area is 168 Å². The van der Waals surface area contributed by atoms with Gasteiger partial charge in [-0.2, -0.15) is 5.26 Å². The van der Waals surface area contributed by atoms with Gasteiger partial charge >= 0.3 is 0 Å². The van der Waals surface area contributed by atoms with Gasteiger partial charge in [-0.1, -0.05) is 12.1 Å². The first kappa shape index (κ1) is 19.7. The van der Waals surface area contributed by atoms with Gasteiger partial charge in [0.2, 0.25) is 5.91 Å². The molecule has 0 atom stereocenters. The number of hydrogen-bond donors (Lipinski definition) is 2. The van der Waals surface area contributed by atoms with E-state index in [-0.39, 0.29) is 12.3 Å². The molecular weight excluding hydrogens is 368 g/mol. The number of amides is 1. The SMILES string of the molecule is COc1ccc(CC(=O)Nc2ccc(Nc3cccc(C#N)c3)cn2)cc1OC. The fourth-order valence-corrected chi connectivity index (χ4v) is 2.74. The van der Waals surface area contributed by atoms with E-state index in [4.69, 9.17) is 14.7 Å². The maximum absolute atomic E-state index is 12.3. The summed E-state index contributed by atoms with van der Waals surface area (Å²) in [5.41, 5.74) is 2.91.